The van der Waals surface area contributed by atoms with E-state index < -0.39 is 0 Å². The molecule has 0 rings (SSSR count). The van der Waals surface area contributed by atoms with Crippen LogP contribution in [0.25, 0.3) is 0 Å². The molecular formula is C16H38Cl2N2. The summed E-state index contributed by atoms with van der Waals surface area (Å²) in [5.74, 6) is 0. The monoisotopic (exact) mass is 328 g/mol. The fourth-order valence-corrected chi connectivity index (χ4v) is 2.47. The zero-order valence-electron chi connectivity index (χ0n) is 13.7. The lowest BCUT2D eigenvalue weighted by molar-refractivity contribution is 0.385. The molecule has 0 aromatic carbocycles. The second-order valence-electron chi connectivity index (χ2n) is 6.12. The fourth-order valence-electron chi connectivity index (χ4n) is 2.47. The molecule has 4 heteroatoms. The maximum Gasteiger partial charge on any atom is 0.0137 e. The Morgan fingerprint density at radius 2 is 1.10 bits per heavy atom. The van der Waals surface area contributed by atoms with Crippen LogP contribution in [0, 0.1) is 0 Å². The third-order valence-electron chi connectivity index (χ3n) is 3.82. The van der Waals surface area contributed by atoms with Gasteiger partial charge in [-0.25, -0.2) is 0 Å². The molecule has 0 aliphatic carbocycles. The molecule has 1 atom stereocenters. The molecule has 0 saturated carbocycles. The number of rotatable bonds is 13. The lowest BCUT2D eigenvalue weighted by atomic mass is 9.92. The first kappa shape index (κ1) is 25.5. The van der Waals surface area contributed by atoms with E-state index in [0.717, 1.165) is 12.8 Å². The highest BCUT2D eigenvalue weighted by molar-refractivity contribution is 5.85. The van der Waals surface area contributed by atoms with Crippen molar-refractivity contribution < 1.29 is 0 Å². The zero-order chi connectivity index (χ0) is 13.7. The average Bonchev–Trinajstić information content (AvgIpc) is 2.31. The number of hydrogen-bond acceptors (Lipinski definition) is 2. The molecule has 0 aromatic heterocycles. The predicted molar refractivity (Wildman–Crippen MR) is 97.2 cm³/mol. The third kappa shape index (κ3) is 18.5. The summed E-state index contributed by atoms with van der Waals surface area (Å²) in [6.07, 6.45) is 16.0. The topological polar surface area (TPSA) is 52.0 Å². The first-order chi connectivity index (χ1) is 8.62. The number of unbranched alkanes of at least 4 members (excludes halogenated alkanes) is 9. The Hall–Kier alpha value is 0.500. The van der Waals surface area contributed by atoms with Gasteiger partial charge in [-0.05, 0) is 26.3 Å². The summed E-state index contributed by atoms with van der Waals surface area (Å²) in [6, 6.07) is 0. The van der Waals surface area contributed by atoms with Crippen molar-refractivity contribution in [3.63, 3.8) is 0 Å². The molecule has 2 nitrogen and oxygen atoms in total. The summed E-state index contributed by atoms with van der Waals surface area (Å²) in [5, 5.41) is 0. The summed E-state index contributed by atoms with van der Waals surface area (Å²) in [4.78, 5) is 0. The Morgan fingerprint density at radius 1 is 0.700 bits per heavy atom. The van der Waals surface area contributed by atoms with Gasteiger partial charge in [0.05, 0.1) is 0 Å². The molecule has 20 heavy (non-hydrogen) atoms. The van der Waals surface area contributed by atoms with E-state index in [1.807, 2.05) is 0 Å². The summed E-state index contributed by atoms with van der Waals surface area (Å²) >= 11 is 0. The fraction of sp³-hybridized carbons (Fsp3) is 1.00. The van der Waals surface area contributed by atoms with Crippen molar-refractivity contribution in [1.29, 1.82) is 0 Å². The SMILES string of the molecule is CCCCCCCCCCCCC(C)(N)CCN.Cl.Cl. The molecule has 1 unspecified atom stereocenters. The van der Waals surface area contributed by atoms with E-state index in [9.17, 15) is 0 Å². The molecule has 0 amide bonds. The van der Waals surface area contributed by atoms with Gasteiger partial charge in [0, 0.05) is 5.54 Å². The van der Waals surface area contributed by atoms with Gasteiger partial charge in [0.25, 0.3) is 0 Å². The van der Waals surface area contributed by atoms with Crippen LogP contribution in [0.4, 0.5) is 0 Å². The molecule has 0 aliphatic rings. The normalized spacial score (nSPS) is 13.2. The van der Waals surface area contributed by atoms with Crippen LogP contribution < -0.4 is 11.5 Å². The molecule has 4 N–H and O–H groups in total. The van der Waals surface area contributed by atoms with E-state index in [4.69, 9.17) is 11.5 Å². The predicted octanol–water partition coefficient (Wildman–Crippen LogP) is 5.21. The van der Waals surface area contributed by atoms with Gasteiger partial charge >= 0.3 is 0 Å². The van der Waals surface area contributed by atoms with Crippen molar-refractivity contribution in [2.24, 2.45) is 11.5 Å². The van der Waals surface area contributed by atoms with Crippen LogP contribution in [0.5, 0.6) is 0 Å². The Labute approximate surface area is 139 Å². The highest BCUT2D eigenvalue weighted by Crippen LogP contribution is 2.16. The van der Waals surface area contributed by atoms with E-state index in [0.29, 0.717) is 6.54 Å². The molecule has 0 saturated heterocycles. The second kappa shape index (κ2) is 17.6. The third-order valence-corrected chi connectivity index (χ3v) is 3.82. The van der Waals surface area contributed by atoms with Crippen LogP contribution >= 0.6 is 24.8 Å². The highest BCUT2D eigenvalue weighted by Gasteiger charge is 2.15. The summed E-state index contributed by atoms with van der Waals surface area (Å²) in [6.45, 7) is 5.12. The first-order valence-corrected chi connectivity index (χ1v) is 8.11. The molecular weight excluding hydrogens is 291 g/mol. The van der Waals surface area contributed by atoms with E-state index in [2.05, 4.69) is 13.8 Å². The molecule has 0 aromatic rings. The van der Waals surface area contributed by atoms with E-state index in [-0.39, 0.29) is 30.4 Å². The Morgan fingerprint density at radius 3 is 1.50 bits per heavy atom. The van der Waals surface area contributed by atoms with Gasteiger partial charge in [-0.1, -0.05) is 71.1 Å². The quantitative estimate of drug-likeness (QED) is 0.456. The number of nitrogens with two attached hydrogens (primary N) is 2. The minimum Gasteiger partial charge on any atom is -0.330 e. The standard InChI is InChI=1S/C16H36N2.2ClH/c1-3-4-5-6-7-8-9-10-11-12-13-16(2,18)14-15-17;;/h3-15,17-18H2,1-2H3;2*1H. The first-order valence-electron chi connectivity index (χ1n) is 8.11. The molecule has 0 heterocycles. The van der Waals surface area contributed by atoms with Crippen LogP contribution in [0.15, 0.2) is 0 Å². The maximum atomic E-state index is 6.16. The summed E-state index contributed by atoms with van der Waals surface area (Å²) < 4.78 is 0. The van der Waals surface area contributed by atoms with Crippen molar-refractivity contribution in [3.05, 3.63) is 0 Å². The van der Waals surface area contributed by atoms with Gasteiger partial charge in [-0.2, -0.15) is 0 Å². The van der Waals surface area contributed by atoms with E-state index in [1.165, 1.54) is 64.2 Å². The number of hydrogen-bond donors (Lipinski definition) is 2. The van der Waals surface area contributed by atoms with Crippen molar-refractivity contribution in [2.75, 3.05) is 6.54 Å². The van der Waals surface area contributed by atoms with Gasteiger partial charge < -0.3 is 11.5 Å². The van der Waals surface area contributed by atoms with Gasteiger partial charge in [0.15, 0.2) is 0 Å². The zero-order valence-corrected chi connectivity index (χ0v) is 15.3. The summed E-state index contributed by atoms with van der Waals surface area (Å²) in [7, 11) is 0. The van der Waals surface area contributed by atoms with Crippen LogP contribution in [0.2, 0.25) is 0 Å². The molecule has 0 radical (unpaired) electrons. The molecule has 0 fully saturated rings. The maximum absolute atomic E-state index is 6.16. The molecule has 126 valence electrons. The lowest BCUT2D eigenvalue weighted by Gasteiger charge is -2.23. The Bertz CT molecular complexity index is 176. The number of halogens is 2. The average molecular weight is 329 g/mol. The van der Waals surface area contributed by atoms with Crippen molar-refractivity contribution in [2.45, 2.75) is 96.4 Å². The molecule has 0 aliphatic heterocycles. The minimum atomic E-state index is -0.0328. The van der Waals surface area contributed by atoms with Crippen molar-refractivity contribution in [3.8, 4) is 0 Å². The van der Waals surface area contributed by atoms with Crippen LogP contribution in [-0.4, -0.2) is 12.1 Å². The van der Waals surface area contributed by atoms with Gasteiger partial charge in [0.1, 0.15) is 0 Å². The molecule has 0 bridgehead atoms. The van der Waals surface area contributed by atoms with Gasteiger partial charge in [0.2, 0.25) is 0 Å². The summed E-state index contributed by atoms with van der Waals surface area (Å²) in [5.41, 5.74) is 11.7. The van der Waals surface area contributed by atoms with E-state index >= 15 is 0 Å². The van der Waals surface area contributed by atoms with Crippen molar-refractivity contribution in [1.82, 2.24) is 0 Å². The van der Waals surface area contributed by atoms with Gasteiger partial charge in [-0.15, -0.1) is 24.8 Å². The Balaban J connectivity index is -0.00000144. The van der Waals surface area contributed by atoms with Crippen LogP contribution in [0.1, 0.15) is 90.9 Å². The van der Waals surface area contributed by atoms with Crippen LogP contribution in [0.3, 0.4) is 0 Å². The lowest BCUT2D eigenvalue weighted by Crippen LogP contribution is -2.38. The smallest absolute Gasteiger partial charge is 0.0137 e. The van der Waals surface area contributed by atoms with Crippen molar-refractivity contribution >= 4 is 24.8 Å². The second-order valence-corrected chi connectivity index (χ2v) is 6.12. The largest absolute Gasteiger partial charge is 0.330 e. The van der Waals surface area contributed by atoms with E-state index in [1.54, 1.807) is 0 Å². The van der Waals surface area contributed by atoms with Crippen LogP contribution in [-0.2, 0) is 0 Å². The Kier molecular flexibility index (Phi) is 22.3. The highest BCUT2D eigenvalue weighted by atomic mass is 35.5. The molecule has 0 spiro atoms. The van der Waals surface area contributed by atoms with Gasteiger partial charge in [-0.3, -0.25) is 0 Å². The minimum absolute atomic E-state index is 0.